The van der Waals surface area contributed by atoms with E-state index in [1.54, 1.807) is 6.21 Å². The average molecular weight is 380 g/mol. The van der Waals surface area contributed by atoms with E-state index in [9.17, 15) is 9.59 Å². The van der Waals surface area contributed by atoms with Crippen LogP contribution in [0.4, 0.5) is 11.4 Å². The minimum absolute atomic E-state index is 0.281. The Kier molecular flexibility index (Phi) is 8.21. The maximum Gasteiger partial charge on any atom is 0.249 e. The fourth-order valence-corrected chi connectivity index (χ4v) is 2.87. The normalized spacial score (nSPS) is 10.7. The van der Waals surface area contributed by atoms with Crippen molar-refractivity contribution >= 4 is 29.4 Å². The number of nitrogens with zero attached hydrogens (tertiary/aromatic N) is 2. The summed E-state index contributed by atoms with van der Waals surface area (Å²) in [6.45, 7) is 8.15. The number of nitrogens with one attached hydrogen (secondary N) is 2. The van der Waals surface area contributed by atoms with Crippen LogP contribution in [-0.4, -0.2) is 31.1 Å². The van der Waals surface area contributed by atoms with Crippen LogP contribution in [0.25, 0.3) is 0 Å². The number of hydrazone groups is 1. The Hall–Kier alpha value is -3.15. The van der Waals surface area contributed by atoms with Crippen LogP contribution in [0, 0.1) is 0 Å². The van der Waals surface area contributed by atoms with Crippen molar-refractivity contribution in [1.82, 2.24) is 5.43 Å². The Balaban J connectivity index is 1.83. The Morgan fingerprint density at radius 2 is 1.64 bits per heavy atom. The number of rotatable bonds is 9. The second-order valence-corrected chi connectivity index (χ2v) is 6.29. The van der Waals surface area contributed by atoms with E-state index >= 15 is 0 Å². The molecule has 0 unspecified atom stereocenters. The Bertz CT molecular complexity index is 812. The van der Waals surface area contributed by atoms with Crippen molar-refractivity contribution < 1.29 is 9.59 Å². The van der Waals surface area contributed by atoms with Crippen LogP contribution in [0.15, 0.2) is 53.6 Å². The topological polar surface area (TPSA) is 73.8 Å². The molecular formula is C22H28N4O2. The number of hydrogen-bond acceptors (Lipinski definition) is 4. The summed E-state index contributed by atoms with van der Waals surface area (Å²) in [6.07, 6.45) is 2.09. The van der Waals surface area contributed by atoms with Gasteiger partial charge >= 0.3 is 0 Å². The predicted molar refractivity (Wildman–Crippen MR) is 115 cm³/mol. The van der Waals surface area contributed by atoms with Crippen LogP contribution in [0.3, 0.4) is 0 Å². The van der Waals surface area contributed by atoms with Gasteiger partial charge in [0, 0.05) is 24.5 Å². The van der Waals surface area contributed by atoms with E-state index in [0.717, 1.165) is 42.0 Å². The van der Waals surface area contributed by atoms with Crippen LogP contribution in [0.1, 0.15) is 38.3 Å². The smallest absolute Gasteiger partial charge is 0.249 e. The number of carbonyl (C=O) groups excluding carboxylic acids is 2. The molecule has 0 aliphatic carbocycles. The van der Waals surface area contributed by atoms with Gasteiger partial charge in [-0.1, -0.05) is 37.3 Å². The quantitative estimate of drug-likeness (QED) is 0.397. The van der Waals surface area contributed by atoms with Crippen LogP contribution >= 0.6 is 0 Å². The summed E-state index contributed by atoms with van der Waals surface area (Å²) >= 11 is 0. The summed E-state index contributed by atoms with van der Waals surface area (Å²) < 4.78 is 0. The predicted octanol–water partition coefficient (Wildman–Crippen LogP) is 3.57. The molecule has 2 aromatic carbocycles. The highest BCUT2D eigenvalue weighted by atomic mass is 16.2. The summed E-state index contributed by atoms with van der Waals surface area (Å²) in [6, 6.07) is 15.5. The third-order valence-electron chi connectivity index (χ3n) is 4.42. The van der Waals surface area contributed by atoms with Crippen LogP contribution in [0.2, 0.25) is 0 Å². The standard InChI is InChI=1S/C22H28N4O2/c1-4-18-9-7-8-10-20(18)24-21(27)15-22(28)25-23-16-17-11-13-19(14-12-17)26(5-2)6-3/h7-14,16H,4-6,15H2,1-3H3,(H,24,27)(H,25,28). The first kappa shape index (κ1) is 21.2. The Labute approximate surface area is 166 Å². The second-order valence-electron chi connectivity index (χ2n) is 6.29. The summed E-state index contributed by atoms with van der Waals surface area (Å²) in [5.74, 6) is -0.820. The maximum atomic E-state index is 12.1. The molecule has 28 heavy (non-hydrogen) atoms. The number of aryl methyl sites for hydroxylation is 1. The molecule has 0 aliphatic heterocycles. The van der Waals surface area contributed by atoms with Crippen molar-refractivity contribution in [3.8, 4) is 0 Å². The molecule has 0 saturated heterocycles. The van der Waals surface area contributed by atoms with Crippen molar-refractivity contribution in [3.63, 3.8) is 0 Å². The van der Waals surface area contributed by atoms with E-state index in [1.807, 2.05) is 55.5 Å². The fraction of sp³-hybridized carbons (Fsp3) is 0.318. The highest BCUT2D eigenvalue weighted by Crippen LogP contribution is 2.16. The van der Waals surface area contributed by atoms with Crippen LogP contribution < -0.4 is 15.6 Å². The van der Waals surface area contributed by atoms with E-state index in [-0.39, 0.29) is 12.3 Å². The largest absolute Gasteiger partial charge is 0.372 e. The zero-order valence-corrected chi connectivity index (χ0v) is 16.7. The third-order valence-corrected chi connectivity index (χ3v) is 4.42. The molecule has 2 aromatic rings. The molecule has 2 N–H and O–H groups in total. The molecule has 0 aromatic heterocycles. The first-order valence-electron chi connectivity index (χ1n) is 9.62. The van der Waals surface area contributed by atoms with Crippen molar-refractivity contribution in [2.45, 2.75) is 33.6 Å². The zero-order valence-electron chi connectivity index (χ0n) is 16.7. The highest BCUT2D eigenvalue weighted by molar-refractivity contribution is 6.04. The van der Waals surface area contributed by atoms with E-state index in [4.69, 9.17) is 0 Å². The van der Waals surface area contributed by atoms with Crippen molar-refractivity contribution in [2.24, 2.45) is 5.10 Å². The van der Waals surface area contributed by atoms with Gasteiger partial charge < -0.3 is 10.2 Å². The van der Waals surface area contributed by atoms with Crippen LogP contribution in [0.5, 0.6) is 0 Å². The van der Waals surface area contributed by atoms with Gasteiger partial charge in [0.25, 0.3) is 0 Å². The van der Waals surface area contributed by atoms with E-state index in [2.05, 4.69) is 34.6 Å². The van der Waals surface area contributed by atoms with Gasteiger partial charge in [-0.25, -0.2) is 5.43 Å². The molecule has 0 aliphatic rings. The van der Waals surface area contributed by atoms with Gasteiger partial charge in [-0.05, 0) is 49.6 Å². The highest BCUT2D eigenvalue weighted by Gasteiger charge is 2.10. The van der Waals surface area contributed by atoms with Crippen molar-refractivity contribution in [2.75, 3.05) is 23.3 Å². The summed E-state index contributed by atoms with van der Waals surface area (Å²) in [7, 11) is 0. The number of anilines is 2. The van der Waals surface area contributed by atoms with Gasteiger partial charge in [0.2, 0.25) is 11.8 Å². The minimum Gasteiger partial charge on any atom is -0.372 e. The van der Waals surface area contributed by atoms with Gasteiger partial charge in [-0.2, -0.15) is 5.10 Å². The number of carbonyl (C=O) groups is 2. The third kappa shape index (κ3) is 6.23. The Morgan fingerprint density at radius 1 is 0.964 bits per heavy atom. The first-order valence-corrected chi connectivity index (χ1v) is 9.62. The molecule has 0 heterocycles. The fourth-order valence-electron chi connectivity index (χ4n) is 2.87. The molecule has 2 rings (SSSR count). The molecule has 0 fully saturated rings. The molecule has 0 saturated carbocycles. The van der Waals surface area contributed by atoms with Gasteiger partial charge in [-0.3, -0.25) is 9.59 Å². The van der Waals surface area contributed by atoms with Crippen molar-refractivity contribution in [1.29, 1.82) is 0 Å². The Morgan fingerprint density at radius 3 is 2.29 bits per heavy atom. The van der Waals surface area contributed by atoms with Gasteiger partial charge in [0.05, 0.1) is 6.21 Å². The molecule has 2 amide bonds. The number of hydrogen-bond donors (Lipinski definition) is 2. The van der Waals surface area contributed by atoms with E-state index in [0.29, 0.717) is 0 Å². The number of para-hydroxylation sites is 1. The lowest BCUT2D eigenvalue weighted by molar-refractivity contribution is -0.126. The van der Waals surface area contributed by atoms with E-state index < -0.39 is 5.91 Å². The van der Waals surface area contributed by atoms with Gasteiger partial charge in [-0.15, -0.1) is 0 Å². The summed E-state index contributed by atoms with van der Waals surface area (Å²) in [4.78, 5) is 26.2. The SMILES string of the molecule is CCc1ccccc1NC(=O)CC(=O)NN=Cc1ccc(N(CC)CC)cc1. The molecule has 0 radical (unpaired) electrons. The monoisotopic (exact) mass is 380 g/mol. The average Bonchev–Trinajstić information content (AvgIpc) is 2.70. The second kappa shape index (κ2) is 10.9. The maximum absolute atomic E-state index is 12.1. The molecule has 0 spiro atoms. The van der Waals surface area contributed by atoms with Crippen molar-refractivity contribution in [3.05, 3.63) is 59.7 Å². The molecular weight excluding hydrogens is 352 g/mol. The minimum atomic E-state index is -0.456. The lowest BCUT2D eigenvalue weighted by Crippen LogP contribution is -2.25. The lowest BCUT2D eigenvalue weighted by Gasteiger charge is -2.20. The van der Waals surface area contributed by atoms with E-state index in [1.165, 1.54) is 0 Å². The van der Waals surface area contributed by atoms with Gasteiger partial charge in [0.1, 0.15) is 6.42 Å². The molecule has 0 bridgehead atoms. The molecule has 148 valence electrons. The molecule has 6 heteroatoms. The molecule has 0 atom stereocenters. The van der Waals surface area contributed by atoms with Crippen LogP contribution in [-0.2, 0) is 16.0 Å². The first-order chi connectivity index (χ1) is 13.6. The zero-order chi connectivity index (χ0) is 20.4. The summed E-state index contributed by atoms with van der Waals surface area (Å²) in [5.41, 5.74) is 6.18. The lowest BCUT2D eigenvalue weighted by atomic mass is 10.1. The number of benzene rings is 2. The summed E-state index contributed by atoms with van der Waals surface area (Å²) in [5, 5.41) is 6.70. The number of amides is 2. The molecule has 6 nitrogen and oxygen atoms in total. The van der Waals surface area contributed by atoms with Gasteiger partial charge in [0.15, 0.2) is 0 Å².